The number of halogens is 1. The van der Waals surface area contributed by atoms with Gasteiger partial charge in [0.25, 0.3) is 0 Å². The van der Waals surface area contributed by atoms with Crippen molar-refractivity contribution in [3.05, 3.63) is 65.1 Å². The summed E-state index contributed by atoms with van der Waals surface area (Å²) in [7, 11) is 0. The van der Waals surface area contributed by atoms with Crippen LogP contribution in [0.1, 0.15) is 16.2 Å². The highest BCUT2D eigenvalue weighted by molar-refractivity contribution is 6.30. The van der Waals surface area contributed by atoms with E-state index in [2.05, 4.69) is 4.98 Å². The topological polar surface area (TPSA) is 52.8 Å². The number of rotatable bonds is 5. The second kappa shape index (κ2) is 6.71. The zero-order chi connectivity index (χ0) is 16.2. The van der Waals surface area contributed by atoms with E-state index < -0.39 is 5.97 Å². The molecular weight excluding hydrogens is 316 g/mol. The zero-order valence-electron chi connectivity index (χ0n) is 12.5. The van der Waals surface area contributed by atoms with Gasteiger partial charge in [-0.3, -0.25) is 0 Å². The number of aryl methyl sites for hydroxylation is 1. The van der Waals surface area contributed by atoms with E-state index >= 15 is 0 Å². The number of esters is 1. The minimum absolute atomic E-state index is 0.147. The molecule has 0 radical (unpaired) electrons. The quantitative estimate of drug-likeness (QED) is 0.530. The molecule has 0 bridgehead atoms. The average Bonchev–Trinajstić information content (AvgIpc) is 2.99. The van der Waals surface area contributed by atoms with E-state index in [0.717, 1.165) is 11.3 Å². The third kappa shape index (κ3) is 3.63. The maximum atomic E-state index is 12.0. The van der Waals surface area contributed by atoms with Crippen molar-refractivity contribution in [2.75, 3.05) is 13.2 Å². The van der Waals surface area contributed by atoms with Gasteiger partial charge in [-0.25, -0.2) is 9.78 Å². The number of hydrogen-bond donors (Lipinski definition) is 0. The van der Waals surface area contributed by atoms with E-state index in [1.807, 2.05) is 29.5 Å². The normalized spacial score (nSPS) is 10.7. The third-order valence-electron chi connectivity index (χ3n) is 3.30. The van der Waals surface area contributed by atoms with Gasteiger partial charge in [-0.2, -0.15) is 0 Å². The molecule has 0 unspecified atom stereocenters. The fourth-order valence-corrected chi connectivity index (χ4v) is 2.27. The van der Waals surface area contributed by atoms with Crippen molar-refractivity contribution in [1.29, 1.82) is 0 Å². The summed E-state index contributed by atoms with van der Waals surface area (Å²) in [5.41, 5.74) is 2.00. The molecule has 2 heterocycles. The van der Waals surface area contributed by atoms with Crippen LogP contribution >= 0.6 is 11.6 Å². The Morgan fingerprint density at radius 2 is 1.96 bits per heavy atom. The highest BCUT2D eigenvalue weighted by Gasteiger charge is 2.12. The van der Waals surface area contributed by atoms with Crippen LogP contribution in [-0.2, 0) is 4.74 Å². The fraction of sp³-hybridized carbons (Fsp3) is 0.176. The van der Waals surface area contributed by atoms with Gasteiger partial charge in [0.15, 0.2) is 5.69 Å². The van der Waals surface area contributed by atoms with E-state index in [1.165, 1.54) is 0 Å². The number of imidazole rings is 1. The van der Waals surface area contributed by atoms with Crippen molar-refractivity contribution in [2.45, 2.75) is 6.92 Å². The van der Waals surface area contributed by atoms with Crippen molar-refractivity contribution in [3.8, 4) is 5.75 Å². The molecule has 0 saturated carbocycles. The Labute approximate surface area is 138 Å². The first kappa shape index (κ1) is 15.4. The van der Waals surface area contributed by atoms with E-state index in [4.69, 9.17) is 21.1 Å². The highest BCUT2D eigenvalue weighted by atomic mass is 35.5. The number of hydrogen-bond acceptors (Lipinski definition) is 4. The van der Waals surface area contributed by atoms with E-state index in [-0.39, 0.29) is 18.9 Å². The molecule has 3 aromatic rings. The molecule has 0 fully saturated rings. The summed E-state index contributed by atoms with van der Waals surface area (Å²) in [6.07, 6.45) is 1.67. The molecule has 0 N–H and O–H groups in total. The minimum atomic E-state index is -0.465. The Morgan fingerprint density at radius 1 is 1.17 bits per heavy atom. The van der Waals surface area contributed by atoms with Crippen molar-refractivity contribution in [1.82, 2.24) is 9.38 Å². The molecule has 0 aliphatic rings. The van der Waals surface area contributed by atoms with Crippen molar-refractivity contribution in [3.63, 3.8) is 0 Å². The van der Waals surface area contributed by atoms with Crippen LogP contribution in [0.2, 0.25) is 5.02 Å². The first-order chi connectivity index (χ1) is 11.1. The number of carbonyl (C=O) groups excluding carboxylic acids is 1. The first-order valence-corrected chi connectivity index (χ1v) is 7.51. The smallest absolute Gasteiger partial charge is 0.358 e. The van der Waals surface area contributed by atoms with Crippen LogP contribution in [-0.4, -0.2) is 28.6 Å². The SMILES string of the molecule is Cc1cccc2nc(C(=O)OCCOc3ccc(Cl)cc3)cn12. The number of ether oxygens (including phenoxy) is 2. The third-order valence-corrected chi connectivity index (χ3v) is 3.56. The lowest BCUT2D eigenvalue weighted by molar-refractivity contribution is 0.0444. The van der Waals surface area contributed by atoms with Crippen LogP contribution in [0.5, 0.6) is 5.75 Å². The van der Waals surface area contributed by atoms with Gasteiger partial charge in [-0.15, -0.1) is 0 Å². The summed E-state index contributed by atoms with van der Waals surface area (Å²) in [6.45, 7) is 2.36. The zero-order valence-corrected chi connectivity index (χ0v) is 13.3. The molecule has 0 spiro atoms. The van der Waals surface area contributed by atoms with Crippen LogP contribution in [0.4, 0.5) is 0 Å². The molecule has 6 heteroatoms. The fourth-order valence-electron chi connectivity index (χ4n) is 2.15. The van der Waals surface area contributed by atoms with Gasteiger partial charge in [0, 0.05) is 16.9 Å². The maximum Gasteiger partial charge on any atom is 0.358 e. The lowest BCUT2D eigenvalue weighted by Gasteiger charge is -2.06. The highest BCUT2D eigenvalue weighted by Crippen LogP contribution is 2.15. The van der Waals surface area contributed by atoms with Crippen molar-refractivity contribution in [2.24, 2.45) is 0 Å². The van der Waals surface area contributed by atoms with Crippen molar-refractivity contribution >= 4 is 23.2 Å². The Bertz CT molecular complexity index is 827. The summed E-state index contributed by atoms with van der Waals surface area (Å²) >= 11 is 5.79. The van der Waals surface area contributed by atoms with Gasteiger partial charge in [0.05, 0.1) is 0 Å². The van der Waals surface area contributed by atoms with Gasteiger partial charge < -0.3 is 13.9 Å². The Kier molecular flexibility index (Phi) is 4.48. The number of carbonyl (C=O) groups is 1. The minimum Gasteiger partial charge on any atom is -0.490 e. The molecule has 5 nitrogen and oxygen atoms in total. The first-order valence-electron chi connectivity index (χ1n) is 7.14. The molecule has 23 heavy (non-hydrogen) atoms. The summed E-state index contributed by atoms with van der Waals surface area (Å²) in [6, 6.07) is 12.7. The lowest BCUT2D eigenvalue weighted by Crippen LogP contribution is -2.12. The average molecular weight is 331 g/mol. The largest absolute Gasteiger partial charge is 0.490 e. The Balaban J connectivity index is 1.54. The van der Waals surface area contributed by atoms with Gasteiger partial charge in [0.1, 0.15) is 24.6 Å². The molecule has 0 saturated heterocycles. The molecule has 0 amide bonds. The van der Waals surface area contributed by atoms with Crippen LogP contribution in [0.25, 0.3) is 5.65 Å². The monoisotopic (exact) mass is 330 g/mol. The van der Waals surface area contributed by atoms with Crippen LogP contribution in [0.3, 0.4) is 0 Å². The predicted octanol–water partition coefficient (Wildman–Crippen LogP) is 3.53. The van der Waals surface area contributed by atoms with Crippen LogP contribution in [0.15, 0.2) is 48.7 Å². The number of nitrogens with zero attached hydrogens (tertiary/aromatic N) is 2. The number of aromatic nitrogens is 2. The van der Waals surface area contributed by atoms with E-state index in [1.54, 1.807) is 30.5 Å². The van der Waals surface area contributed by atoms with Crippen molar-refractivity contribution < 1.29 is 14.3 Å². The second-order valence-corrected chi connectivity index (χ2v) is 5.40. The standard InChI is InChI=1S/C17H15ClN2O3/c1-12-3-2-4-16-19-15(11-20(12)16)17(21)23-10-9-22-14-7-5-13(18)6-8-14/h2-8,11H,9-10H2,1H3. The molecule has 118 valence electrons. The number of pyridine rings is 1. The maximum absolute atomic E-state index is 12.0. The van der Waals surface area contributed by atoms with Gasteiger partial charge in [0.2, 0.25) is 0 Å². The van der Waals surface area contributed by atoms with Gasteiger partial charge in [-0.1, -0.05) is 17.7 Å². The van der Waals surface area contributed by atoms with Crippen LogP contribution < -0.4 is 4.74 Å². The van der Waals surface area contributed by atoms with Crippen LogP contribution in [0, 0.1) is 6.92 Å². The lowest BCUT2D eigenvalue weighted by atomic mass is 10.3. The number of benzene rings is 1. The van der Waals surface area contributed by atoms with Gasteiger partial charge in [-0.05, 0) is 43.3 Å². The molecule has 0 aliphatic carbocycles. The summed E-state index contributed by atoms with van der Waals surface area (Å²) in [5.74, 6) is 0.210. The Morgan fingerprint density at radius 3 is 2.70 bits per heavy atom. The molecule has 1 aromatic carbocycles. The molecule has 0 aliphatic heterocycles. The molecule has 2 aromatic heterocycles. The summed E-state index contributed by atoms with van der Waals surface area (Å²) < 4.78 is 12.5. The molecule has 0 atom stereocenters. The van der Waals surface area contributed by atoms with E-state index in [9.17, 15) is 4.79 Å². The summed E-state index contributed by atoms with van der Waals surface area (Å²) in [5, 5.41) is 0.644. The predicted molar refractivity (Wildman–Crippen MR) is 87.2 cm³/mol. The van der Waals surface area contributed by atoms with Gasteiger partial charge >= 0.3 is 5.97 Å². The Hall–Kier alpha value is -2.53. The van der Waals surface area contributed by atoms with E-state index in [0.29, 0.717) is 10.8 Å². The second-order valence-electron chi connectivity index (χ2n) is 4.96. The summed E-state index contributed by atoms with van der Waals surface area (Å²) in [4.78, 5) is 16.3. The molecule has 3 rings (SSSR count). The number of fused-ring (bicyclic) bond motifs is 1. The molecular formula is C17H15ClN2O3.